The maximum atomic E-state index is 14.0. The number of nitrogens with zero attached hydrogens (tertiary/aromatic N) is 2. The molecule has 2 unspecified atom stereocenters. The van der Waals surface area contributed by atoms with E-state index in [1.165, 1.54) is 4.90 Å². The molecule has 4 rings (SSSR count). The number of fused-ring (bicyclic) bond motifs is 3. The third-order valence-electron chi connectivity index (χ3n) is 8.13. The van der Waals surface area contributed by atoms with Crippen molar-refractivity contribution in [1.29, 1.82) is 0 Å². The molecule has 212 valence electrons. The van der Waals surface area contributed by atoms with Crippen LogP contribution >= 0.6 is 0 Å². The van der Waals surface area contributed by atoms with Gasteiger partial charge in [0.2, 0.25) is 11.7 Å². The summed E-state index contributed by atoms with van der Waals surface area (Å²) in [6, 6.07) is -0.0104. The number of aromatic hydroxyl groups is 1. The molecule has 8 N–H and O–H groups in total. The molecule has 0 radical (unpaired) electrons. The number of phenolic OH excluding ortho intramolecular Hbond substituents is 1. The fourth-order valence-corrected chi connectivity index (χ4v) is 6.47. The van der Waals surface area contributed by atoms with Gasteiger partial charge >= 0.3 is 6.03 Å². The molecule has 0 heterocycles. The van der Waals surface area contributed by atoms with Crippen LogP contribution in [-0.2, 0) is 20.8 Å². The van der Waals surface area contributed by atoms with Crippen molar-refractivity contribution >= 4 is 40.6 Å². The summed E-state index contributed by atoms with van der Waals surface area (Å²) in [5, 5.41) is 50.3. The van der Waals surface area contributed by atoms with Gasteiger partial charge in [-0.05, 0) is 51.4 Å². The lowest BCUT2D eigenvalue weighted by molar-refractivity contribution is -0.184. The van der Waals surface area contributed by atoms with Crippen LogP contribution in [0.4, 0.5) is 16.2 Å². The summed E-state index contributed by atoms with van der Waals surface area (Å²) in [6.45, 7) is 2.04. The summed E-state index contributed by atoms with van der Waals surface area (Å²) < 4.78 is 0. The number of nitrogens with two attached hydrogens (primary N) is 1. The Kier molecular flexibility index (Phi) is 7.13. The normalized spacial score (nSPS) is 29.9. The number of aliphatic hydroxyl groups is 3. The summed E-state index contributed by atoms with van der Waals surface area (Å²) >= 11 is 0. The van der Waals surface area contributed by atoms with Crippen LogP contribution in [0.1, 0.15) is 24.5 Å². The van der Waals surface area contributed by atoms with Crippen molar-refractivity contribution < 1.29 is 39.6 Å². The van der Waals surface area contributed by atoms with E-state index in [0.29, 0.717) is 17.8 Å². The van der Waals surface area contributed by atoms with Crippen LogP contribution in [0, 0.1) is 17.8 Å². The number of hydrogen-bond acceptors (Lipinski definition) is 10. The van der Waals surface area contributed by atoms with E-state index in [9.17, 15) is 39.6 Å². The van der Waals surface area contributed by atoms with Crippen molar-refractivity contribution in [2.24, 2.45) is 23.5 Å². The highest BCUT2D eigenvalue weighted by Crippen LogP contribution is 2.54. The van der Waals surface area contributed by atoms with Gasteiger partial charge in [-0.3, -0.25) is 14.4 Å². The maximum absolute atomic E-state index is 14.0. The van der Waals surface area contributed by atoms with Crippen molar-refractivity contribution in [3.8, 4) is 5.75 Å². The van der Waals surface area contributed by atoms with Gasteiger partial charge in [0.1, 0.15) is 11.7 Å². The van der Waals surface area contributed by atoms with Crippen LogP contribution < -0.4 is 21.3 Å². The number of nitrogens with one attached hydrogen (secondary N) is 2. The summed E-state index contributed by atoms with van der Waals surface area (Å²) in [6.07, 6.45) is -1.38. The number of ketones is 2. The van der Waals surface area contributed by atoms with Crippen molar-refractivity contribution in [1.82, 2.24) is 10.2 Å². The lowest BCUT2D eigenvalue weighted by atomic mass is 9.54. The largest absolute Gasteiger partial charge is 0.507 e. The second kappa shape index (κ2) is 9.81. The summed E-state index contributed by atoms with van der Waals surface area (Å²) in [4.78, 5) is 55.0. The second-order valence-corrected chi connectivity index (χ2v) is 10.8. The first-order chi connectivity index (χ1) is 18.2. The molecule has 13 heteroatoms. The Hall–Kier alpha value is -3.68. The number of likely N-dealkylation sites (N-methyl/N-ethyl adjacent to an activating group) is 1. The van der Waals surface area contributed by atoms with E-state index in [2.05, 4.69) is 10.6 Å². The summed E-state index contributed by atoms with van der Waals surface area (Å²) in [5.41, 5.74) is 3.35. The van der Waals surface area contributed by atoms with Gasteiger partial charge < -0.3 is 46.6 Å². The number of amides is 3. The fourth-order valence-electron chi connectivity index (χ4n) is 6.47. The molecule has 3 aliphatic carbocycles. The zero-order valence-electron chi connectivity index (χ0n) is 22.5. The van der Waals surface area contributed by atoms with Crippen LogP contribution in [0.25, 0.3) is 5.76 Å². The minimum absolute atomic E-state index is 0.0186. The van der Waals surface area contributed by atoms with E-state index in [1.807, 2.05) is 0 Å². The molecule has 0 aliphatic heterocycles. The quantitative estimate of drug-likeness (QED) is 0.184. The van der Waals surface area contributed by atoms with Gasteiger partial charge in [0.25, 0.3) is 0 Å². The van der Waals surface area contributed by atoms with Crippen LogP contribution in [0.2, 0.25) is 0 Å². The number of carbonyl (C=O) groups excluding carboxylic acids is 4. The molecule has 39 heavy (non-hydrogen) atoms. The minimum Gasteiger partial charge on any atom is -0.507 e. The Labute approximate surface area is 225 Å². The highest BCUT2D eigenvalue weighted by Gasteiger charge is 2.67. The van der Waals surface area contributed by atoms with Gasteiger partial charge in [-0.2, -0.15) is 0 Å². The van der Waals surface area contributed by atoms with E-state index in [4.69, 9.17) is 5.73 Å². The fraction of sp³-hybridized carbons (Fsp3) is 0.538. The van der Waals surface area contributed by atoms with Crippen molar-refractivity contribution in [2.75, 3.05) is 45.0 Å². The molecule has 0 saturated heterocycles. The number of benzene rings is 1. The Morgan fingerprint density at radius 2 is 1.82 bits per heavy atom. The van der Waals surface area contributed by atoms with Gasteiger partial charge in [0.05, 0.1) is 17.4 Å². The number of Topliss-reactive ketones (excluding diaryl/α,β-unsaturated/α-hetero) is 2. The zero-order valence-corrected chi connectivity index (χ0v) is 22.5. The lowest BCUT2D eigenvalue weighted by Crippen LogP contribution is -2.73. The van der Waals surface area contributed by atoms with Gasteiger partial charge in [-0.1, -0.05) is 0 Å². The van der Waals surface area contributed by atoms with E-state index in [-0.39, 0.29) is 29.7 Å². The van der Waals surface area contributed by atoms with Crippen molar-refractivity contribution in [2.45, 2.75) is 37.5 Å². The van der Waals surface area contributed by atoms with Crippen molar-refractivity contribution in [3.63, 3.8) is 0 Å². The Morgan fingerprint density at radius 3 is 2.36 bits per heavy atom. The van der Waals surface area contributed by atoms with Gasteiger partial charge in [0, 0.05) is 43.9 Å². The molecule has 13 nitrogen and oxygen atoms in total. The third-order valence-corrected chi connectivity index (χ3v) is 8.13. The number of aliphatic hydroxyl groups excluding tert-OH is 2. The zero-order chi connectivity index (χ0) is 29.1. The summed E-state index contributed by atoms with van der Waals surface area (Å²) in [7, 11) is 6.67. The highest BCUT2D eigenvalue weighted by molar-refractivity contribution is 6.25. The first-order valence-corrected chi connectivity index (χ1v) is 12.7. The smallest absolute Gasteiger partial charge is 0.319 e. The Bertz CT molecular complexity index is 1290. The van der Waals surface area contributed by atoms with Crippen LogP contribution in [-0.4, -0.2) is 101 Å². The molecule has 0 aromatic heterocycles. The predicted octanol–water partition coefficient (Wildman–Crippen LogP) is -0.664. The standard InChI is InChI=1S/C26H35N5O8/c1-6-28-25(38)29-13-9-14(30(2)3)11-7-10-8-12-18(31(4)5)21(34)17(24(27)37)23(36)26(12,39)22(35)15(10)20(33)16(11)19(13)32/h9-10,12,17-18,21,32-34,39H,6-8H2,1-5H3,(H2,27,37)(H2,28,29,38)/t10-,12-,17?,18-,21?,26-/m1/s1. The van der Waals surface area contributed by atoms with Crippen molar-refractivity contribution in [3.05, 3.63) is 22.8 Å². The molecule has 1 aromatic rings. The van der Waals surface area contributed by atoms with E-state index in [1.54, 1.807) is 46.1 Å². The predicted molar refractivity (Wildman–Crippen MR) is 141 cm³/mol. The second-order valence-electron chi connectivity index (χ2n) is 10.8. The Morgan fingerprint density at radius 1 is 1.18 bits per heavy atom. The highest BCUT2D eigenvalue weighted by atomic mass is 16.3. The maximum Gasteiger partial charge on any atom is 0.319 e. The molecule has 3 amide bonds. The molecule has 1 aromatic carbocycles. The monoisotopic (exact) mass is 545 g/mol. The average molecular weight is 546 g/mol. The van der Waals surface area contributed by atoms with Crippen LogP contribution in [0.5, 0.6) is 5.75 Å². The van der Waals surface area contributed by atoms with E-state index < -0.39 is 70.5 Å². The number of primary amides is 1. The number of phenols is 1. The molecule has 3 aliphatic rings. The van der Waals surface area contributed by atoms with Crippen LogP contribution in [0.3, 0.4) is 0 Å². The third kappa shape index (κ3) is 4.12. The Balaban J connectivity index is 1.93. The first kappa shape index (κ1) is 28.3. The number of rotatable bonds is 5. The summed E-state index contributed by atoms with van der Waals surface area (Å²) in [5.74, 6) is -8.23. The minimum atomic E-state index is -2.73. The molecule has 0 bridgehead atoms. The SMILES string of the molecule is CCNC(=O)Nc1cc(N(C)C)c2c(c1O)C(O)=C1C(=O)[C@@]3(O)C(=O)C(C(N)=O)C(O)[C@H](N(C)C)[C@H]3C[C@H]1C2. The number of hydrogen-bond donors (Lipinski definition) is 7. The van der Waals surface area contributed by atoms with Gasteiger partial charge in [0.15, 0.2) is 17.1 Å². The number of urea groups is 1. The van der Waals surface area contributed by atoms with E-state index >= 15 is 0 Å². The lowest BCUT2D eigenvalue weighted by Gasteiger charge is -2.53. The molecule has 6 atom stereocenters. The number of carbonyl (C=O) groups is 4. The van der Waals surface area contributed by atoms with Gasteiger partial charge in [-0.15, -0.1) is 0 Å². The molecular weight excluding hydrogens is 510 g/mol. The van der Waals surface area contributed by atoms with E-state index in [0.717, 1.165) is 0 Å². The first-order valence-electron chi connectivity index (χ1n) is 12.7. The topological polar surface area (TPSA) is 206 Å². The number of anilines is 2. The molecule has 2 fully saturated rings. The van der Waals surface area contributed by atoms with Crippen LogP contribution in [0.15, 0.2) is 11.6 Å². The molecular formula is C26H35N5O8. The molecule has 0 spiro atoms. The molecule has 2 saturated carbocycles. The average Bonchev–Trinajstić information content (AvgIpc) is 2.82. The van der Waals surface area contributed by atoms with Gasteiger partial charge in [-0.25, -0.2) is 4.79 Å².